The van der Waals surface area contributed by atoms with Gasteiger partial charge in [-0.25, -0.2) is 0 Å². The summed E-state index contributed by atoms with van der Waals surface area (Å²) in [5.41, 5.74) is 16.1. The molecule has 0 aliphatic heterocycles. The zero-order valence-corrected chi connectivity index (χ0v) is 24.1. The fraction of sp³-hybridized carbons (Fsp3) is 0.382. The maximum atomic E-state index is 12.3. The van der Waals surface area contributed by atoms with E-state index in [1.165, 1.54) is 19.3 Å². The van der Waals surface area contributed by atoms with Gasteiger partial charge in [0.1, 0.15) is 5.75 Å². The van der Waals surface area contributed by atoms with Crippen LogP contribution in [0.2, 0.25) is 0 Å². The number of nitrogens with one attached hydrogen (secondary N) is 1. The van der Waals surface area contributed by atoms with Gasteiger partial charge in [-0.05, 0) is 91.4 Å². The molecule has 3 aromatic carbocycles. The van der Waals surface area contributed by atoms with Gasteiger partial charge in [0.25, 0.3) is 0 Å². The van der Waals surface area contributed by atoms with E-state index in [0.29, 0.717) is 38.0 Å². The summed E-state index contributed by atoms with van der Waals surface area (Å²) in [6, 6.07) is 18.5. The van der Waals surface area contributed by atoms with Crippen LogP contribution in [0.1, 0.15) is 72.5 Å². The first kappa shape index (κ1) is 31.9. The predicted octanol–water partition coefficient (Wildman–Crippen LogP) is 5.45. The molecule has 0 aliphatic carbocycles. The van der Waals surface area contributed by atoms with Crippen molar-refractivity contribution in [3.8, 4) is 17.2 Å². The minimum atomic E-state index is -0.511. The minimum absolute atomic E-state index is 0.0710. The molecule has 0 radical (unpaired) electrons. The summed E-state index contributed by atoms with van der Waals surface area (Å²) in [5.74, 6) is 0.824. The smallest absolute Gasteiger partial charge is 0.161 e. The Labute approximate surface area is 244 Å². The van der Waals surface area contributed by atoms with Crippen LogP contribution in [0.4, 0.5) is 0 Å². The van der Waals surface area contributed by atoms with Crippen LogP contribution in [0, 0.1) is 0 Å². The van der Waals surface area contributed by atoms with Crippen molar-refractivity contribution < 1.29 is 19.7 Å². The lowest BCUT2D eigenvalue weighted by atomic mass is 9.99. The molecule has 0 aliphatic rings. The summed E-state index contributed by atoms with van der Waals surface area (Å²) >= 11 is 0. The van der Waals surface area contributed by atoms with Crippen LogP contribution in [0.5, 0.6) is 17.2 Å². The van der Waals surface area contributed by atoms with Crippen LogP contribution < -0.4 is 21.5 Å². The number of hydrogen-bond acceptors (Lipinski definition) is 7. The Morgan fingerprint density at radius 2 is 1.56 bits per heavy atom. The quantitative estimate of drug-likeness (QED) is 0.0795. The van der Waals surface area contributed by atoms with E-state index < -0.39 is 6.17 Å². The molecule has 220 valence electrons. The number of benzene rings is 3. The molecule has 0 fully saturated rings. The van der Waals surface area contributed by atoms with Crippen LogP contribution in [-0.2, 0) is 24.1 Å². The minimum Gasteiger partial charge on any atom is -0.508 e. The van der Waals surface area contributed by atoms with E-state index in [0.717, 1.165) is 47.2 Å². The second kappa shape index (κ2) is 17.2. The second-order valence-electron chi connectivity index (χ2n) is 10.5. The molecule has 0 bridgehead atoms. The number of carbonyl (C=O) groups excluding carboxylic acids is 1. The van der Waals surface area contributed by atoms with Crippen LogP contribution in [0.3, 0.4) is 0 Å². The lowest BCUT2D eigenvalue weighted by Gasteiger charge is -2.12. The Hall–Kier alpha value is -3.65. The number of ether oxygens (including phenoxy) is 1. The second-order valence-corrected chi connectivity index (χ2v) is 10.5. The molecule has 0 amide bonds. The van der Waals surface area contributed by atoms with Crippen molar-refractivity contribution in [1.29, 1.82) is 0 Å². The lowest BCUT2D eigenvalue weighted by Crippen LogP contribution is -2.19. The highest BCUT2D eigenvalue weighted by Crippen LogP contribution is 2.28. The summed E-state index contributed by atoms with van der Waals surface area (Å²) in [5, 5.41) is 23.8. The molecule has 0 unspecified atom stereocenters. The van der Waals surface area contributed by atoms with E-state index >= 15 is 0 Å². The summed E-state index contributed by atoms with van der Waals surface area (Å²) in [4.78, 5) is 12.3. The Kier molecular flexibility index (Phi) is 13.4. The molecule has 41 heavy (non-hydrogen) atoms. The highest BCUT2D eigenvalue weighted by Gasteiger charge is 2.09. The van der Waals surface area contributed by atoms with Gasteiger partial charge in [-0.1, -0.05) is 61.4 Å². The molecule has 7 N–H and O–H groups in total. The Morgan fingerprint density at radius 3 is 2.29 bits per heavy atom. The lowest BCUT2D eigenvalue weighted by molar-refractivity contribution is -0.114. The maximum absolute atomic E-state index is 12.3. The summed E-state index contributed by atoms with van der Waals surface area (Å²) in [6.07, 6.45) is 11.0. The Bertz CT molecular complexity index is 1260. The van der Waals surface area contributed by atoms with Crippen molar-refractivity contribution in [1.82, 2.24) is 5.32 Å². The highest BCUT2D eigenvalue weighted by molar-refractivity contribution is 5.89. The van der Waals surface area contributed by atoms with E-state index in [4.69, 9.17) is 16.2 Å². The van der Waals surface area contributed by atoms with Crippen molar-refractivity contribution in [2.24, 2.45) is 11.5 Å². The zero-order valence-electron chi connectivity index (χ0n) is 24.1. The number of nitrogens with two attached hydrogens (primary N) is 2. The number of ketones is 1. The Morgan fingerprint density at radius 1 is 0.878 bits per heavy atom. The molecule has 0 saturated heterocycles. The predicted molar refractivity (Wildman–Crippen MR) is 165 cm³/mol. The van der Waals surface area contributed by atoms with Gasteiger partial charge in [-0.2, -0.15) is 0 Å². The molecule has 0 saturated carbocycles. The molecule has 0 heterocycles. The number of carbonyl (C=O) groups is 1. The van der Waals surface area contributed by atoms with Gasteiger partial charge >= 0.3 is 0 Å². The molecule has 0 aromatic heterocycles. The summed E-state index contributed by atoms with van der Waals surface area (Å²) in [7, 11) is 1.97. The Balaban J connectivity index is 1.45. The fourth-order valence-corrected chi connectivity index (χ4v) is 4.61. The largest absolute Gasteiger partial charge is 0.508 e. The van der Waals surface area contributed by atoms with Crippen molar-refractivity contribution in [3.63, 3.8) is 0 Å². The van der Waals surface area contributed by atoms with E-state index in [1.807, 2.05) is 55.6 Å². The first-order valence-corrected chi connectivity index (χ1v) is 14.5. The average Bonchev–Trinajstić information content (AvgIpc) is 2.96. The van der Waals surface area contributed by atoms with E-state index in [9.17, 15) is 15.0 Å². The van der Waals surface area contributed by atoms with E-state index in [1.54, 1.807) is 24.3 Å². The summed E-state index contributed by atoms with van der Waals surface area (Å²) in [6.45, 7) is 1.42. The zero-order chi connectivity index (χ0) is 29.5. The van der Waals surface area contributed by atoms with Gasteiger partial charge in [-0.3, -0.25) is 4.79 Å². The first-order chi connectivity index (χ1) is 19.9. The molecule has 3 rings (SSSR count). The molecule has 3 aromatic rings. The van der Waals surface area contributed by atoms with E-state index in [-0.39, 0.29) is 17.3 Å². The topological polar surface area (TPSA) is 131 Å². The van der Waals surface area contributed by atoms with Crippen molar-refractivity contribution >= 4 is 5.78 Å². The number of phenols is 2. The van der Waals surface area contributed by atoms with Gasteiger partial charge in [-0.15, -0.1) is 0 Å². The third-order valence-corrected chi connectivity index (χ3v) is 7.09. The maximum Gasteiger partial charge on any atom is 0.161 e. The van der Waals surface area contributed by atoms with E-state index in [2.05, 4.69) is 5.32 Å². The highest BCUT2D eigenvalue weighted by atomic mass is 16.5. The van der Waals surface area contributed by atoms with Gasteiger partial charge in [0.2, 0.25) is 0 Å². The number of phenolic OH excluding ortho intramolecular Hbond substituents is 2. The first-order valence-electron chi connectivity index (χ1n) is 14.5. The number of hydrogen-bond donors (Lipinski definition) is 5. The molecule has 0 spiro atoms. The average molecular weight is 560 g/mol. The number of aromatic hydroxyl groups is 2. The number of rotatable bonds is 18. The molecule has 7 heteroatoms. The third kappa shape index (κ3) is 11.4. The summed E-state index contributed by atoms with van der Waals surface area (Å²) < 4.78 is 5.90. The van der Waals surface area contributed by atoms with Gasteiger partial charge in [0.05, 0.1) is 12.8 Å². The van der Waals surface area contributed by atoms with Crippen molar-refractivity contribution in [2.45, 2.75) is 64.0 Å². The van der Waals surface area contributed by atoms with Crippen molar-refractivity contribution in [3.05, 3.63) is 101 Å². The fourth-order valence-electron chi connectivity index (χ4n) is 4.61. The van der Waals surface area contributed by atoms with Crippen molar-refractivity contribution in [2.75, 3.05) is 20.2 Å². The van der Waals surface area contributed by atoms with Gasteiger partial charge in [0, 0.05) is 19.3 Å². The number of allylic oxidation sites excluding steroid dienone is 2. The normalized spacial score (nSPS) is 11.4. The third-order valence-electron chi connectivity index (χ3n) is 7.09. The standard InChI is InChI=1S/C34H45N3O4/c1-37-20-7-5-3-2-4-6-8-30(38)16-11-26-13-18-32(40)33(24-26)41-21-19-27-12-17-31(39)29(23-27)22-25-9-14-28(15-10-25)34(35)36/h6,8-10,12-15,17-18,23-24,34,37,39-40H,2-5,7,11,16,19-22,35-36H2,1H3. The van der Waals surface area contributed by atoms with Crippen LogP contribution in [-0.4, -0.2) is 36.2 Å². The van der Waals surface area contributed by atoms with Gasteiger partial charge in [0.15, 0.2) is 17.3 Å². The van der Waals surface area contributed by atoms with Gasteiger partial charge < -0.3 is 31.7 Å². The van der Waals surface area contributed by atoms with Crippen LogP contribution >= 0.6 is 0 Å². The molecule has 7 nitrogen and oxygen atoms in total. The van der Waals surface area contributed by atoms with Crippen LogP contribution in [0.25, 0.3) is 0 Å². The number of aryl methyl sites for hydroxylation is 1. The van der Waals surface area contributed by atoms with Crippen LogP contribution in [0.15, 0.2) is 72.8 Å². The molecule has 0 atom stereocenters. The number of unbranched alkanes of at least 4 members (excludes halogenated alkanes) is 4. The molecular formula is C34H45N3O4. The SMILES string of the molecule is CNCCCCCCC=CC(=O)CCc1ccc(O)c(OCCc2ccc(O)c(Cc3ccc(C(N)N)cc3)c2)c1. The monoisotopic (exact) mass is 559 g/mol. The molecular weight excluding hydrogens is 514 g/mol.